The fourth-order valence-electron chi connectivity index (χ4n) is 3.04. The summed E-state index contributed by atoms with van der Waals surface area (Å²) in [6.45, 7) is 1.25. The second-order valence-corrected chi connectivity index (χ2v) is 6.61. The van der Waals surface area contributed by atoms with Crippen molar-refractivity contribution in [2.75, 3.05) is 32.1 Å². The largest absolute Gasteiger partial charge is 0.466 e. The Balaban J connectivity index is 2.10. The van der Waals surface area contributed by atoms with Gasteiger partial charge < -0.3 is 20.1 Å². The number of aliphatic hydroxyl groups excluding tert-OH is 1. The average Bonchev–Trinajstić information content (AvgIpc) is 3.25. The fraction of sp³-hybridized carbons (Fsp3) is 0.316. The number of carbonyl (C=O) groups excluding carboxylic acids is 2. The lowest BCUT2D eigenvalue weighted by Gasteiger charge is -2.17. The molecule has 1 aliphatic heterocycles. The quantitative estimate of drug-likeness (QED) is 0.688. The highest BCUT2D eigenvalue weighted by Gasteiger charge is 2.36. The van der Waals surface area contributed by atoms with Gasteiger partial charge in [0.1, 0.15) is 5.70 Å². The Morgan fingerprint density at radius 2 is 2.10 bits per heavy atom. The van der Waals surface area contributed by atoms with Crippen LogP contribution in [0.2, 0.25) is 0 Å². The summed E-state index contributed by atoms with van der Waals surface area (Å²) in [6.07, 6.45) is -1.47. The lowest BCUT2D eigenvalue weighted by atomic mass is 10.1. The Kier molecular flexibility index (Phi) is 5.83. The molecular weight excluding hydrogens is 405 g/mol. The topological polar surface area (TPSA) is 96.7 Å². The summed E-state index contributed by atoms with van der Waals surface area (Å²) >= 11 is 0. The number of esters is 1. The molecule has 2 aromatic rings. The molecule has 0 saturated carbocycles. The third-order valence-corrected chi connectivity index (χ3v) is 4.50. The van der Waals surface area contributed by atoms with Gasteiger partial charge in [-0.3, -0.25) is 4.79 Å². The van der Waals surface area contributed by atoms with Crippen molar-refractivity contribution in [2.24, 2.45) is 0 Å². The maximum absolute atomic E-state index is 13.3. The summed E-state index contributed by atoms with van der Waals surface area (Å²) < 4.78 is 45.9. The number of rotatable bonds is 6. The maximum atomic E-state index is 13.3. The first-order valence-corrected chi connectivity index (χ1v) is 8.87. The van der Waals surface area contributed by atoms with Crippen LogP contribution in [-0.4, -0.2) is 58.5 Å². The number of nitrogens with zero attached hydrogens (tertiary/aromatic N) is 3. The number of carbonyl (C=O) groups is 2. The summed E-state index contributed by atoms with van der Waals surface area (Å²) in [5.74, 6) is -1.43. The van der Waals surface area contributed by atoms with E-state index in [2.05, 4.69) is 10.4 Å². The number of nitrogens with one attached hydrogen (secondary N) is 1. The van der Waals surface area contributed by atoms with Crippen LogP contribution in [-0.2, 0) is 20.5 Å². The van der Waals surface area contributed by atoms with E-state index in [1.165, 1.54) is 21.8 Å². The van der Waals surface area contributed by atoms with Gasteiger partial charge >= 0.3 is 12.1 Å². The summed E-state index contributed by atoms with van der Waals surface area (Å²) in [5.41, 5.74) is -0.225. The molecule has 0 saturated heterocycles. The first-order chi connectivity index (χ1) is 14.2. The number of halogens is 3. The van der Waals surface area contributed by atoms with Crippen molar-refractivity contribution in [1.29, 1.82) is 0 Å². The van der Waals surface area contributed by atoms with Crippen LogP contribution < -0.4 is 5.32 Å². The number of ether oxygens (including phenoxy) is 1. The van der Waals surface area contributed by atoms with Crippen LogP contribution in [0.1, 0.15) is 11.1 Å². The van der Waals surface area contributed by atoms with Crippen LogP contribution in [0.25, 0.3) is 5.69 Å². The number of hydrogen-bond donors (Lipinski definition) is 2. The number of aromatic nitrogens is 2. The molecule has 1 amide bonds. The van der Waals surface area contributed by atoms with Gasteiger partial charge in [0.15, 0.2) is 0 Å². The van der Waals surface area contributed by atoms with Crippen molar-refractivity contribution in [3.05, 3.63) is 53.0 Å². The predicted octanol–water partition coefficient (Wildman–Crippen LogP) is 1.87. The summed E-state index contributed by atoms with van der Waals surface area (Å²) in [5, 5.41) is 15.9. The number of alkyl halides is 3. The minimum atomic E-state index is -4.61. The van der Waals surface area contributed by atoms with E-state index in [0.29, 0.717) is 0 Å². The fourth-order valence-corrected chi connectivity index (χ4v) is 3.04. The minimum Gasteiger partial charge on any atom is -0.466 e. The molecule has 3 rings (SSSR count). The zero-order valence-corrected chi connectivity index (χ0v) is 16.2. The number of amides is 1. The summed E-state index contributed by atoms with van der Waals surface area (Å²) in [4.78, 5) is 26.0. The molecule has 0 atom stereocenters. The number of hydrogen-bond acceptors (Lipinski definition) is 6. The zero-order valence-electron chi connectivity index (χ0n) is 16.2. The monoisotopic (exact) mass is 424 g/mol. The lowest BCUT2D eigenvalue weighted by molar-refractivity contribution is -0.138. The molecular formula is C19H19F3N4O4. The molecule has 0 spiro atoms. The first-order valence-electron chi connectivity index (χ1n) is 8.87. The Labute approximate surface area is 169 Å². The van der Waals surface area contributed by atoms with Crippen molar-refractivity contribution in [3.63, 3.8) is 0 Å². The summed E-state index contributed by atoms with van der Waals surface area (Å²) in [6, 6.07) is 2.97. The molecule has 0 radical (unpaired) electrons. The van der Waals surface area contributed by atoms with Crippen LogP contribution in [0, 0.1) is 6.92 Å². The molecule has 0 unspecified atom stereocenters. The van der Waals surface area contributed by atoms with Gasteiger partial charge in [-0.15, -0.1) is 0 Å². The maximum Gasteiger partial charge on any atom is 0.416 e. The van der Waals surface area contributed by atoms with Crippen LogP contribution in [0.3, 0.4) is 0 Å². The van der Waals surface area contributed by atoms with E-state index in [9.17, 15) is 22.8 Å². The van der Waals surface area contributed by atoms with E-state index < -0.39 is 23.6 Å². The standard InChI is InChI=1S/C19H19F3N4O4/c1-11-8-23-26(9-11)15-4-3-12(19(20,21)22)7-14(15)24-16-13(18(29)30-2)10-25(5-6-27)17(16)28/h3-4,7-9,24,27H,5-6,10H2,1-2H3. The van der Waals surface area contributed by atoms with Gasteiger partial charge in [0.2, 0.25) is 0 Å². The van der Waals surface area contributed by atoms with E-state index in [1.807, 2.05) is 0 Å². The third-order valence-electron chi connectivity index (χ3n) is 4.50. The smallest absolute Gasteiger partial charge is 0.416 e. The molecule has 1 aromatic heterocycles. The molecule has 0 aliphatic carbocycles. The zero-order chi connectivity index (χ0) is 22.1. The van der Waals surface area contributed by atoms with E-state index >= 15 is 0 Å². The highest BCUT2D eigenvalue weighted by atomic mass is 19.4. The number of benzene rings is 1. The van der Waals surface area contributed by atoms with Gasteiger partial charge in [0.05, 0.1) is 49.0 Å². The Morgan fingerprint density at radius 3 is 2.67 bits per heavy atom. The van der Waals surface area contributed by atoms with Crippen LogP contribution in [0.4, 0.5) is 18.9 Å². The molecule has 1 aliphatic rings. The SMILES string of the molecule is COC(=O)C1=C(Nc2cc(C(F)(F)F)ccc2-n2cc(C)cn2)C(=O)N(CCO)C1. The van der Waals surface area contributed by atoms with E-state index in [1.54, 1.807) is 13.1 Å². The van der Waals surface area contributed by atoms with Gasteiger partial charge in [-0.25, -0.2) is 9.48 Å². The summed E-state index contributed by atoms with van der Waals surface area (Å²) in [7, 11) is 1.13. The number of methoxy groups -OCH3 is 1. The second kappa shape index (κ2) is 8.19. The van der Waals surface area contributed by atoms with E-state index in [0.717, 1.165) is 24.8 Å². The Morgan fingerprint density at radius 1 is 1.37 bits per heavy atom. The molecule has 0 fully saturated rings. The van der Waals surface area contributed by atoms with Gasteiger partial charge in [0.25, 0.3) is 5.91 Å². The molecule has 30 heavy (non-hydrogen) atoms. The van der Waals surface area contributed by atoms with Crippen LogP contribution in [0.15, 0.2) is 41.9 Å². The highest BCUT2D eigenvalue weighted by Crippen LogP contribution is 2.34. The molecule has 160 valence electrons. The highest BCUT2D eigenvalue weighted by molar-refractivity contribution is 6.08. The molecule has 2 heterocycles. The molecule has 11 heteroatoms. The second-order valence-electron chi connectivity index (χ2n) is 6.61. The lowest BCUT2D eigenvalue weighted by Crippen LogP contribution is -2.31. The number of β-amino-alcohol motifs (C(OH)–C–C–N with tert-alkyl or cyclic N) is 1. The van der Waals surface area contributed by atoms with Crippen molar-refractivity contribution in [3.8, 4) is 5.69 Å². The number of aliphatic hydroxyl groups is 1. The van der Waals surface area contributed by atoms with Gasteiger partial charge in [-0.05, 0) is 30.7 Å². The van der Waals surface area contributed by atoms with Crippen molar-refractivity contribution in [1.82, 2.24) is 14.7 Å². The van der Waals surface area contributed by atoms with Gasteiger partial charge in [-0.1, -0.05) is 0 Å². The van der Waals surface area contributed by atoms with Crippen LogP contribution >= 0.6 is 0 Å². The van der Waals surface area contributed by atoms with Gasteiger partial charge in [-0.2, -0.15) is 18.3 Å². The Bertz CT molecular complexity index is 1010. The molecule has 0 bridgehead atoms. The minimum absolute atomic E-state index is 0.0433. The number of anilines is 1. The van der Waals surface area contributed by atoms with Crippen molar-refractivity contribution < 1.29 is 32.6 Å². The van der Waals surface area contributed by atoms with Gasteiger partial charge in [0, 0.05) is 12.7 Å². The predicted molar refractivity (Wildman–Crippen MR) is 99.6 cm³/mol. The van der Waals surface area contributed by atoms with Crippen molar-refractivity contribution in [2.45, 2.75) is 13.1 Å². The number of aryl methyl sites for hydroxylation is 1. The van der Waals surface area contributed by atoms with Crippen LogP contribution in [0.5, 0.6) is 0 Å². The molecule has 2 N–H and O–H groups in total. The normalized spacial score (nSPS) is 14.5. The average molecular weight is 424 g/mol. The molecule has 8 nitrogen and oxygen atoms in total. The van der Waals surface area contributed by atoms with Crippen molar-refractivity contribution >= 4 is 17.6 Å². The first kappa shape index (κ1) is 21.4. The Hall–Kier alpha value is -3.34. The van der Waals surface area contributed by atoms with E-state index in [-0.39, 0.29) is 42.3 Å². The van der Waals surface area contributed by atoms with E-state index in [4.69, 9.17) is 9.84 Å². The molecule has 1 aromatic carbocycles. The third kappa shape index (κ3) is 4.15.